The molecule has 5 nitrogen and oxygen atoms in total. The van der Waals surface area contributed by atoms with Crippen molar-refractivity contribution in [1.29, 1.82) is 0 Å². The van der Waals surface area contributed by atoms with Crippen LogP contribution < -0.4 is 9.62 Å². The molecule has 1 amide bonds. The average Bonchev–Trinajstić information content (AvgIpc) is 2.83. The molecule has 1 aliphatic carbocycles. The molecule has 2 aromatic carbocycles. The Morgan fingerprint density at radius 3 is 2.41 bits per heavy atom. The van der Waals surface area contributed by atoms with Gasteiger partial charge < -0.3 is 5.32 Å². The molecule has 0 bridgehead atoms. The standard InChI is InChI=1S/C24H29F3N2O3S2/c25-24(26,27)19-9-7-10-20(17-19)29(34(31,32)22-13-5-2-6-14-22)18-23(30)28-15-8-16-33-21-11-3-1-4-12-21/h2,5-7,9-10,13-14,17,21H,1,3-4,8,11-12,15-16,18H2,(H,28,30). The second-order valence-corrected chi connectivity index (χ2v) is 11.5. The minimum absolute atomic E-state index is 0.107. The first-order chi connectivity index (χ1) is 16.2. The normalized spacial score (nSPS) is 15.1. The molecule has 0 heterocycles. The van der Waals surface area contributed by atoms with Crippen LogP contribution in [0.1, 0.15) is 44.1 Å². The maximum Gasteiger partial charge on any atom is 0.416 e. The van der Waals surface area contributed by atoms with Gasteiger partial charge in [0.05, 0.1) is 16.1 Å². The number of rotatable bonds is 10. The van der Waals surface area contributed by atoms with Crippen molar-refractivity contribution in [3.05, 3.63) is 60.2 Å². The lowest BCUT2D eigenvalue weighted by atomic mass is 10.0. The van der Waals surface area contributed by atoms with Gasteiger partial charge in [-0.15, -0.1) is 0 Å². The quantitative estimate of drug-likeness (QED) is 0.427. The highest BCUT2D eigenvalue weighted by Gasteiger charge is 2.33. The molecule has 0 saturated heterocycles. The number of carbonyl (C=O) groups excluding carboxylic acids is 1. The Morgan fingerprint density at radius 1 is 1.03 bits per heavy atom. The Labute approximate surface area is 203 Å². The van der Waals surface area contributed by atoms with Crippen molar-refractivity contribution in [2.24, 2.45) is 0 Å². The fraction of sp³-hybridized carbons (Fsp3) is 0.458. The first-order valence-corrected chi connectivity index (χ1v) is 13.8. The second kappa shape index (κ2) is 12.0. The number of thioether (sulfide) groups is 1. The SMILES string of the molecule is O=C(CN(c1cccc(C(F)(F)F)c1)S(=O)(=O)c1ccccc1)NCCCSC1CCCCC1. The fourth-order valence-corrected chi connectivity index (χ4v) is 6.59. The van der Waals surface area contributed by atoms with Crippen molar-refractivity contribution >= 4 is 33.4 Å². The van der Waals surface area contributed by atoms with E-state index in [-0.39, 0.29) is 10.6 Å². The second-order valence-electron chi connectivity index (χ2n) is 8.21. The van der Waals surface area contributed by atoms with Crippen LogP contribution in [0, 0.1) is 0 Å². The van der Waals surface area contributed by atoms with Gasteiger partial charge in [0.1, 0.15) is 6.54 Å². The molecule has 186 valence electrons. The van der Waals surface area contributed by atoms with E-state index in [1.807, 2.05) is 11.8 Å². The number of halogens is 3. The molecule has 1 saturated carbocycles. The molecule has 10 heteroatoms. The van der Waals surface area contributed by atoms with Crippen LogP contribution in [-0.2, 0) is 21.0 Å². The van der Waals surface area contributed by atoms with Gasteiger partial charge in [0.15, 0.2) is 0 Å². The number of sulfonamides is 1. The van der Waals surface area contributed by atoms with E-state index in [0.717, 1.165) is 34.7 Å². The van der Waals surface area contributed by atoms with Crippen molar-refractivity contribution in [3.8, 4) is 0 Å². The number of hydrogen-bond donors (Lipinski definition) is 1. The van der Waals surface area contributed by atoms with E-state index in [2.05, 4.69) is 5.32 Å². The number of nitrogens with one attached hydrogen (secondary N) is 1. The van der Waals surface area contributed by atoms with Crippen LogP contribution >= 0.6 is 11.8 Å². The summed E-state index contributed by atoms with van der Waals surface area (Å²) in [6, 6.07) is 11.3. The van der Waals surface area contributed by atoms with Crippen LogP contribution in [0.5, 0.6) is 0 Å². The van der Waals surface area contributed by atoms with E-state index in [1.165, 1.54) is 62.4 Å². The lowest BCUT2D eigenvalue weighted by Gasteiger charge is -2.25. The molecule has 0 spiro atoms. The van der Waals surface area contributed by atoms with Gasteiger partial charge in [0.25, 0.3) is 10.0 Å². The molecule has 0 aliphatic heterocycles. The molecule has 0 radical (unpaired) electrons. The average molecular weight is 515 g/mol. The Kier molecular flexibility index (Phi) is 9.30. The summed E-state index contributed by atoms with van der Waals surface area (Å²) in [7, 11) is -4.26. The summed E-state index contributed by atoms with van der Waals surface area (Å²) < 4.78 is 66.9. The summed E-state index contributed by atoms with van der Waals surface area (Å²) in [5, 5.41) is 3.37. The number of hydrogen-bond acceptors (Lipinski definition) is 4. The monoisotopic (exact) mass is 514 g/mol. The Morgan fingerprint density at radius 2 is 1.74 bits per heavy atom. The first-order valence-electron chi connectivity index (χ1n) is 11.3. The fourth-order valence-electron chi connectivity index (χ4n) is 3.84. The zero-order chi connectivity index (χ0) is 24.6. The maximum absolute atomic E-state index is 13.2. The molecule has 2 aromatic rings. The van der Waals surface area contributed by atoms with Crippen molar-refractivity contribution in [2.45, 2.75) is 54.8 Å². The van der Waals surface area contributed by atoms with E-state index in [9.17, 15) is 26.4 Å². The van der Waals surface area contributed by atoms with Gasteiger partial charge in [0.2, 0.25) is 5.91 Å². The highest BCUT2D eigenvalue weighted by Crippen LogP contribution is 2.33. The zero-order valence-corrected chi connectivity index (χ0v) is 20.4. The molecule has 1 N–H and O–H groups in total. The van der Waals surface area contributed by atoms with Gasteiger partial charge in [-0.25, -0.2) is 8.42 Å². The van der Waals surface area contributed by atoms with Gasteiger partial charge in [-0.1, -0.05) is 43.5 Å². The van der Waals surface area contributed by atoms with Crippen LogP contribution in [0.25, 0.3) is 0 Å². The van der Waals surface area contributed by atoms with Crippen LogP contribution in [0.3, 0.4) is 0 Å². The lowest BCUT2D eigenvalue weighted by Crippen LogP contribution is -2.41. The molecular formula is C24H29F3N2O3S2. The summed E-state index contributed by atoms with van der Waals surface area (Å²) in [5.74, 6) is 0.324. The van der Waals surface area contributed by atoms with Gasteiger partial charge in [0, 0.05) is 11.8 Å². The van der Waals surface area contributed by atoms with Crippen molar-refractivity contribution in [3.63, 3.8) is 0 Å². The van der Waals surface area contributed by atoms with E-state index in [4.69, 9.17) is 0 Å². The first kappa shape index (κ1) is 26.4. The Bertz CT molecular complexity index is 1040. The minimum atomic E-state index is -4.64. The number of anilines is 1. The molecule has 0 aromatic heterocycles. The maximum atomic E-state index is 13.2. The molecule has 3 rings (SSSR count). The van der Waals surface area contributed by atoms with Crippen molar-refractivity contribution < 1.29 is 26.4 Å². The molecule has 34 heavy (non-hydrogen) atoms. The topological polar surface area (TPSA) is 66.5 Å². The number of carbonyl (C=O) groups is 1. The number of nitrogens with zero attached hydrogens (tertiary/aromatic N) is 1. The zero-order valence-electron chi connectivity index (χ0n) is 18.8. The summed E-state index contributed by atoms with van der Waals surface area (Å²) in [4.78, 5) is 12.5. The molecule has 0 unspecified atom stereocenters. The largest absolute Gasteiger partial charge is 0.416 e. The molecule has 1 aliphatic rings. The smallest absolute Gasteiger partial charge is 0.354 e. The van der Waals surface area contributed by atoms with Gasteiger partial charge in [-0.2, -0.15) is 24.9 Å². The third-order valence-corrected chi connectivity index (χ3v) is 8.88. The Hall–Kier alpha value is -2.20. The van der Waals surface area contributed by atoms with Crippen molar-refractivity contribution in [1.82, 2.24) is 5.32 Å². The van der Waals surface area contributed by atoms with E-state index in [0.29, 0.717) is 11.8 Å². The third-order valence-electron chi connectivity index (χ3n) is 5.63. The molecule has 1 fully saturated rings. The van der Waals surface area contributed by atoms with Crippen LogP contribution in [0.15, 0.2) is 59.5 Å². The summed E-state index contributed by atoms with van der Waals surface area (Å²) in [6.07, 6.45) is 2.35. The predicted octanol–water partition coefficient (Wildman–Crippen LogP) is 5.47. The number of benzene rings is 2. The number of alkyl halides is 3. The highest BCUT2D eigenvalue weighted by molar-refractivity contribution is 7.99. The van der Waals surface area contributed by atoms with Crippen LogP contribution in [-0.4, -0.2) is 38.4 Å². The number of amides is 1. The summed E-state index contributed by atoms with van der Waals surface area (Å²) in [6.45, 7) is -0.241. The van der Waals surface area contributed by atoms with E-state index >= 15 is 0 Å². The van der Waals surface area contributed by atoms with Gasteiger partial charge in [-0.05, 0) is 55.3 Å². The summed E-state index contributed by atoms with van der Waals surface area (Å²) in [5.41, 5.74) is -1.21. The van der Waals surface area contributed by atoms with Crippen LogP contribution in [0.2, 0.25) is 0 Å². The molecule has 0 atom stereocenters. The highest BCUT2D eigenvalue weighted by atomic mass is 32.2. The third kappa shape index (κ3) is 7.40. The van der Waals surface area contributed by atoms with Gasteiger partial charge >= 0.3 is 6.18 Å². The summed E-state index contributed by atoms with van der Waals surface area (Å²) >= 11 is 1.90. The predicted molar refractivity (Wildman–Crippen MR) is 129 cm³/mol. The minimum Gasteiger partial charge on any atom is -0.354 e. The van der Waals surface area contributed by atoms with Crippen molar-refractivity contribution in [2.75, 3.05) is 23.1 Å². The van der Waals surface area contributed by atoms with Crippen LogP contribution in [0.4, 0.5) is 18.9 Å². The van der Waals surface area contributed by atoms with E-state index in [1.54, 1.807) is 6.07 Å². The molecular weight excluding hydrogens is 485 g/mol. The Balaban J connectivity index is 1.68. The lowest BCUT2D eigenvalue weighted by molar-refractivity contribution is -0.137. The van der Waals surface area contributed by atoms with E-state index < -0.39 is 34.2 Å². The van der Waals surface area contributed by atoms with Gasteiger partial charge in [-0.3, -0.25) is 9.10 Å².